The number of fused-ring (bicyclic) bond motifs is 1. The van der Waals surface area contributed by atoms with Crippen molar-refractivity contribution in [3.63, 3.8) is 0 Å². The number of rotatable bonds is 11. The van der Waals surface area contributed by atoms with Crippen molar-refractivity contribution in [2.24, 2.45) is 11.8 Å². The molecule has 37 heavy (non-hydrogen) atoms. The van der Waals surface area contributed by atoms with Gasteiger partial charge in [0.15, 0.2) is 0 Å². The second kappa shape index (κ2) is 12.6. The summed E-state index contributed by atoms with van der Waals surface area (Å²) in [5.74, 6) is -1.39. The predicted molar refractivity (Wildman–Crippen MR) is 139 cm³/mol. The maximum Gasteiger partial charge on any atom is 0.308 e. The molecule has 1 aliphatic rings. The number of carboxylic acid groups (broad SMARTS) is 1. The van der Waals surface area contributed by atoms with Crippen LogP contribution in [-0.4, -0.2) is 53.5 Å². The summed E-state index contributed by atoms with van der Waals surface area (Å²) in [6.07, 6.45) is 2.56. The first-order valence-electron chi connectivity index (χ1n) is 12.4. The van der Waals surface area contributed by atoms with Crippen LogP contribution in [0.2, 0.25) is 0 Å². The summed E-state index contributed by atoms with van der Waals surface area (Å²) < 4.78 is 47.3. The number of hydrogen-bond acceptors (Lipinski definition) is 5. The number of aliphatic carboxylic acids is 1. The first kappa shape index (κ1) is 27.3. The van der Waals surface area contributed by atoms with Crippen LogP contribution in [0.1, 0.15) is 37.4 Å². The molecule has 2 heterocycles. The molecular weight excluding hydrogens is 501 g/mol. The molecule has 0 spiro atoms. The second-order valence-electron chi connectivity index (χ2n) is 9.43. The third-order valence-electron chi connectivity index (χ3n) is 6.99. The smallest absolute Gasteiger partial charge is 0.308 e. The first-order valence-corrected chi connectivity index (χ1v) is 13.4. The van der Waals surface area contributed by atoms with Gasteiger partial charge in [0.05, 0.1) is 18.5 Å². The summed E-state index contributed by atoms with van der Waals surface area (Å²) in [5, 5.41) is 10.6. The van der Waals surface area contributed by atoms with Crippen molar-refractivity contribution in [1.29, 1.82) is 0 Å². The number of alkyl halides is 1. The van der Waals surface area contributed by atoms with E-state index in [1.165, 1.54) is 23.9 Å². The van der Waals surface area contributed by atoms with Gasteiger partial charge in [0.2, 0.25) is 0 Å². The Labute approximate surface area is 219 Å². The fourth-order valence-electron chi connectivity index (χ4n) is 5.05. The molecule has 0 bridgehead atoms. The van der Waals surface area contributed by atoms with Crippen LogP contribution < -0.4 is 4.74 Å². The third kappa shape index (κ3) is 7.17. The Morgan fingerprint density at radius 1 is 1.22 bits per heavy atom. The highest BCUT2D eigenvalue weighted by molar-refractivity contribution is 7.99. The molecule has 3 aromatic rings. The molecule has 0 radical (unpaired) electrons. The quantitative estimate of drug-likeness (QED) is 0.224. The largest absolute Gasteiger partial charge is 0.497 e. The number of carbonyl (C=O) groups is 1. The normalized spacial score (nSPS) is 19.1. The lowest BCUT2D eigenvalue weighted by atomic mass is 9.81. The molecule has 1 aromatic heterocycles. The maximum absolute atomic E-state index is 15.4. The summed E-state index contributed by atoms with van der Waals surface area (Å²) in [7, 11) is 1.56. The fourth-order valence-corrected chi connectivity index (χ4v) is 5.95. The number of carboxylic acids is 1. The molecule has 2 aromatic carbocycles. The van der Waals surface area contributed by atoms with Gasteiger partial charge in [-0.15, -0.1) is 11.8 Å². The Kier molecular flexibility index (Phi) is 9.32. The minimum Gasteiger partial charge on any atom is -0.497 e. The van der Waals surface area contributed by atoms with Crippen LogP contribution >= 0.6 is 11.8 Å². The molecule has 0 aliphatic carbocycles. The number of likely N-dealkylation sites (tertiary alicyclic amines) is 1. The van der Waals surface area contributed by atoms with Gasteiger partial charge in [-0.25, -0.2) is 13.2 Å². The van der Waals surface area contributed by atoms with Gasteiger partial charge >= 0.3 is 5.97 Å². The van der Waals surface area contributed by atoms with Crippen molar-refractivity contribution < 1.29 is 27.8 Å². The molecule has 4 rings (SSSR count). The molecule has 0 amide bonds. The van der Waals surface area contributed by atoms with Crippen molar-refractivity contribution in [2.45, 2.75) is 36.8 Å². The van der Waals surface area contributed by atoms with E-state index in [0.29, 0.717) is 58.8 Å². The zero-order valence-corrected chi connectivity index (χ0v) is 21.5. The zero-order valence-electron chi connectivity index (χ0n) is 20.7. The van der Waals surface area contributed by atoms with E-state index in [1.54, 1.807) is 37.6 Å². The number of benzene rings is 2. The minimum absolute atomic E-state index is 0.0979. The molecular formula is C28H31F3N2O3S. The van der Waals surface area contributed by atoms with Crippen LogP contribution in [0.5, 0.6) is 5.75 Å². The van der Waals surface area contributed by atoms with Crippen molar-refractivity contribution in [3.05, 3.63) is 65.9 Å². The lowest BCUT2D eigenvalue weighted by Crippen LogP contribution is -2.44. The average molecular weight is 533 g/mol. The molecule has 3 atom stereocenters. The number of methoxy groups -OCH3 is 1. The van der Waals surface area contributed by atoms with Gasteiger partial charge in [0.1, 0.15) is 23.6 Å². The number of piperidine rings is 1. The zero-order chi connectivity index (χ0) is 26.4. The van der Waals surface area contributed by atoms with E-state index in [1.807, 2.05) is 0 Å². The number of halogens is 3. The van der Waals surface area contributed by atoms with Gasteiger partial charge in [-0.1, -0.05) is 0 Å². The Morgan fingerprint density at radius 2 is 2.00 bits per heavy atom. The SMILES string of the molecule is COc1ccc2nccc(C(F)CC[C@@H]3CCN(CCCSc4cc(F)cc(F)c4)C[C@@H]3C(=O)O)c2c1. The van der Waals surface area contributed by atoms with Gasteiger partial charge < -0.3 is 14.7 Å². The molecule has 0 saturated carbocycles. The first-order chi connectivity index (χ1) is 17.8. The standard InChI is InChI=1S/C28H31F3N2O3S/c1-36-21-4-6-27-24(16-21)23(7-9-32-27)26(31)5-3-18-8-11-33(17-25(18)28(34)35)10-2-12-37-22-14-19(29)13-20(30)15-22/h4,6-7,9,13-16,18,25-26H,2-3,5,8,10-12,17H2,1H3,(H,34,35)/t18-,25+,26?/m1/s1. The highest BCUT2D eigenvalue weighted by Gasteiger charge is 2.34. The number of hydrogen-bond donors (Lipinski definition) is 1. The predicted octanol–water partition coefficient (Wildman–Crippen LogP) is 6.52. The van der Waals surface area contributed by atoms with E-state index in [4.69, 9.17) is 4.74 Å². The molecule has 1 fully saturated rings. The van der Waals surface area contributed by atoms with Crippen molar-refractivity contribution in [2.75, 3.05) is 32.5 Å². The lowest BCUT2D eigenvalue weighted by Gasteiger charge is -2.36. The monoisotopic (exact) mass is 532 g/mol. The van der Waals surface area contributed by atoms with Crippen molar-refractivity contribution in [3.8, 4) is 5.75 Å². The second-order valence-corrected chi connectivity index (χ2v) is 10.6. The van der Waals surface area contributed by atoms with Gasteiger partial charge in [-0.2, -0.15) is 0 Å². The van der Waals surface area contributed by atoms with Crippen LogP contribution in [0.15, 0.2) is 53.6 Å². The van der Waals surface area contributed by atoms with Gasteiger partial charge in [0.25, 0.3) is 0 Å². The molecule has 1 N–H and O–H groups in total. The lowest BCUT2D eigenvalue weighted by molar-refractivity contribution is -0.146. The number of ether oxygens (including phenoxy) is 1. The Morgan fingerprint density at radius 3 is 2.73 bits per heavy atom. The van der Waals surface area contributed by atoms with E-state index in [9.17, 15) is 18.7 Å². The van der Waals surface area contributed by atoms with Crippen LogP contribution in [0, 0.1) is 23.5 Å². The molecule has 1 saturated heterocycles. The molecule has 1 aliphatic heterocycles. The minimum atomic E-state index is -1.23. The summed E-state index contributed by atoms with van der Waals surface area (Å²) in [6.45, 7) is 1.88. The number of aromatic nitrogens is 1. The number of nitrogens with zero attached hydrogens (tertiary/aromatic N) is 2. The summed E-state index contributed by atoms with van der Waals surface area (Å²) >= 11 is 1.38. The number of thioether (sulfide) groups is 1. The van der Waals surface area contributed by atoms with Gasteiger partial charge in [0, 0.05) is 29.1 Å². The summed E-state index contributed by atoms with van der Waals surface area (Å²) in [5.41, 5.74) is 1.24. The molecule has 1 unspecified atom stereocenters. The summed E-state index contributed by atoms with van der Waals surface area (Å²) in [4.78, 5) is 19.0. The molecule has 5 nitrogen and oxygen atoms in total. The van der Waals surface area contributed by atoms with Gasteiger partial charge in [-0.3, -0.25) is 9.78 Å². The number of pyridine rings is 1. The highest BCUT2D eigenvalue weighted by Crippen LogP contribution is 2.35. The van der Waals surface area contributed by atoms with Crippen LogP contribution in [0.4, 0.5) is 13.2 Å². The maximum atomic E-state index is 15.4. The molecule has 198 valence electrons. The van der Waals surface area contributed by atoms with Crippen molar-refractivity contribution in [1.82, 2.24) is 9.88 Å². The fraction of sp³-hybridized carbons (Fsp3) is 0.429. The third-order valence-corrected chi connectivity index (χ3v) is 8.05. The van der Waals surface area contributed by atoms with Crippen molar-refractivity contribution >= 4 is 28.6 Å². The Bertz CT molecular complexity index is 1210. The highest BCUT2D eigenvalue weighted by atomic mass is 32.2. The van der Waals surface area contributed by atoms with E-state index in [2.05, 4.69) is 9.88 Å². The van der Waals surface area contributed by atoms with E-state index < -0.39 is 29.7 Å². The van der Waals surface area contributed by atoms with E-state index >= 15 is 4.39 Å². The Hall–Kier alpha value is -2.78. The van der Waals surface area contributed by atoms with Crippen LogP contribution in [0.3, 0.4) is 0 Å². The summed E-state index contributed by atoms with van der Waals surface area (Å²) in [6, 6.07) is 10.5. The van der Waals surface area contributed by atoms with E-state index in [-0.39, 0.29) is 12.3 Å². The molecule has 9 heteroatoms. The van der Waals surface area contributed by atoms with Gasteiger partial charge in [-0.05, 0) is 92.4 Å². The van der Waals surface area contributed by atoms with E-state index in [0.717, 1.165) is 19.0 Å². The average Bonchev–Trinajstić information content (AvgIpc) is 2.88. The van der Waals surface area contributed by atoms with Crippen LogP contribution in [0.25, 0.3) is 10.9 Å². The Balaban J connectivity index is 1.29. The topological polar surface area (TPSA) is 62.7 Å². The van der Waals surface area contributed by atoms with Crippen LogP contribution in [-0.2, 0) is 4.79 Å².